The molecule has 0 unspecified atom stereocenters. The molecule has 0 radical (unpaired) electrons. The minimum atomic E-state index is -0.183. The average Bonchev–Trinajstić information content (AvgIpc) is 2.70. The summed E-state index contributed by atoms with van der Waals surface area (Å²) in [6.07, 6.45) is 0. The van der Waals surface area contributed by atoms with Gasteiger partial charge in [0.15, 0.2) is 5.43 Å². The van der Waals surface area contributed by atoms with Crippen molar-refractivity contribution in [2.24, 2.45) is 0 Å². The molecule has 144 valence electrons. The number of para-hydroxylation sites is 1. The number of carbonyl (C=O) groups is 1. The average molecular weight is 383 g/mol. The Labute approximate surface area is 168 Å². The van der Waals surface area contributed by atoms with Crippen molar-refractivity contribution in [3.63, 3.8) is 0 Å². The summed E-state index contributed by atoms with van der Waals surface area (Å²) < 4.78 is 6.03. The lowest BCUT2D eigenvalue weighted by Crippen LogP contribution is -2.12. The summed E-state index contributed by atoms with van der Waals surface area (Å²) in [5, 5.41) is 3.50. The number of aryl methyl sites for hydroxylation is 3. The van der Waals surface area contributed by atoms with Gasteiger partial charge in [0.1, 0.15) is 11.3 Å². The molecule has 1 amide bonds. The van der Waals surface area contributed by atoms with Gasteiger partial charge in [0, 0.05) is 22.9 Å². The molecule has 1 heterocycles. The predicted octanol–water partition coefficient (Wildman–Crippen LogP) is 5.64. The van der Waals surface area contributed by atoms with E-state index in [0.29, 0.717) is 22.3 Å². The van der Waals surface area contributed by atoms with Crippen molar-refractivity contribution in [2.45, 2.75) is 20.8 Å². The molecule has 1 N–H and O–H groups in total. The van der Waals surface area contributed by atoms with Gasteiger partial charge in [-0.1, -0.05) is 36.4 Å². The van der Waals surface area contributed by atoms with E-state index in [1.807, 2.05) is 57.2 Å². The summed E-state index contributed by atoms with van der Waals surface area (Å²) >= 11 is 0. The lowest BCUT2D eigenvalue weighted by Gasteiger charge is -2.09. The predicted molar refractivity (Wildman–Crippen MR) is 117 cm³/mol. The molecular formula is C25H21NO3. The molecule has 0 fully saturated rings. The van der Waals surface area contributed by atoms with Crippen molar-refractivity contribution in [2.75, 3.05) is 5.32 Å². The molecule has 0 spiro atoms. The molecule has 4 nitrogen and oxygen atoms in total. The molecule has 0 aliphatic heterocycles. The molecule has 1 aromatic heterocycles. The van der Waals surface area contributed by atoms with Gasteiger partial charge in [-0.3, -0.25) is 9.59 Å². The number of amides is 1. The topological polar surface area (TPSA) is 59.3 Å². The number of hydrogen-bond donors (Lipinski definition) is 1. The Balaban J connectivity index is 1.65. The molecule has 3 aromatic carbocycles. The smallest absolute Gasteiger partial charge is 0.255 e. The minimum Gasteiger partial charge on any atom is -0.456 e. The van der Waals surface area contributed by atoms with Crippen LogP contribution in [0.5, 0.6) is 0 Å². The van der Waals surface area contributed by atoms with Crippen LogP contribution in [0.15, 0.2) is 75.9 Å². The SMILES string of the molecule is Cc1cc(C)c2oc(-c3ccc(C(=O)Nc4ccccc4C)cc3)cc(=O)c2c1. The summed E-state index contributed by atoms with van der Waals surface area (Å²) in [5.74, 6) is 0.303. The highest BCUT2D eigenvalue weighted by Crippen LogP contribution is 2.25. The summed E-state index contributed by atoms with van der Waals surface area (Å²) in [7, 11) is 0. The third-order valence-corrected chi connectivity index (χ3v) is 4.98. The van der Waals surface area contributed by atoms with Crippen molar-refractivity contribution in [3.05, 3.63) is 99.2 Å². The molecule has 0 aliphatic rings. The van der Waals surface area contributed by atoms with Gasteiger partial charge >= 0.3 is 0 Å². The lowest BCUT2D eigenvalue weighted by molar-refractivity contribution is 0.102. The van der Waals surface area contributed by atoms with Crippen LogP contribution in [0, 0.1) is 20.8 Å². The monoisotopic (exact) mass is 383 g/mol. The Kier molecular flexibility index (Phi) is 4.77. The highest BCUT2D eigenvalue weighted by Gasteiger charge is 2.12. The number of anilines is 1. The second-order valence-electron chi connectivity index (χ2n) is 7.28. The molecule has 0 saturated carbocycles. The van der Waals surface area contributed by atoms with Crippen LogP contribution < -0.4 is 10.7 Å². The van der Waals surface area contributed by atoms with Crippen molar-refractivity contribution < 1.29 is 9.21 Å². The third-order valence-electron chi connectivity index (χ3n) is 4.98. The van der Waals surface area contributed by atoms with E-state index in [0.717, 1.165) is 27.9 Å². The summed E-state index contributed by atoms with van der Waals surface area (Å²) in [5.41, 5.74) is 5.54. The summed E-state index contributed by atoms with van der Waals surface area (Å²) in [4.78, 5) is 25.1. The van der Waals surface area contributed by atoms with E-state index in [-0.39, 0.29) is 11.3 Å². The van der Waals surface area contributed by atoms with E-state index in [1.165, 1.54) is 6.07 Å². The van der Waals surface area contributed by atoms with Gasteiger partial charge in [-0.25, -0.2) is 0 Å². The van der Waals surface area contributed by atoms with Crippen LogP contribution in [0.4, 0.5) is 5.69 Å². The Morgan fingerprint density at radius 3 is 2.31 bits per heavy atom. The number of rotatable bonds is 3. The second-order valence-corrected chi connectivity index (χ2v) is 7.28. The first-order valence-corrected chi connectivity index (χ1v) is 9.45. The van der Waals surface area contributed by atoms with Crippen LogP contribution in [-0.4, -0.2) is 5.91 Å². The number of hydrogen-bond acceptors (Lipinski definition) is 3. The largest absolute Gasteiger partial charge is 0.456 e. The standard InChI is InChI=1S/C25H21NO3/c1-15-12-17(3)24-20(13-15)22(27)14-23(29-24)18-8-10-19(11-9-18)25(28)26-21-7-5-4-6-16(21)2/h4-14H,1-3H3,(H,26,28). The fraction of sp³-hybridized carbons (Fsp3) is 0.120. The Morgan fingerprint density at radius 2 is 1.59 bits per heavy atom. The molecule has 29 heavy (non-hydrogen) atoms. The second kappa shape index (κ2) is 7.40. The highest BCUT2D eigenvalue weighted by molar-refractivity contribution is 6.04. The van der Waals surface area contributed by atoms with E-state index in [1.54, 1.807) is 24.3 Å². The zero-order valence-electron chi connectivity index (χ0n) is 16.6. The zero-order chi connectivity index (χ0) is 20.5. The Morgan fingerprint density at radius 1 is 0.862 bits per heavy atom. The van der Waals surface area contributed by atoms with E-state index in [2.05, 4.69) is 5.32 Å². The lowest BCUT2D eigenvalue weighted by atomic mass is 10.1. The first-order chi connectivity index (χ1) is 13.9. The van der Waals surface area contributed by atoms with Crippen molar-refractivity contribution in [1.82, 2.24) is 0 Å². The number of benzene rings is 3. The Hall–Kier alpha value is -3.66. The maximum atomic E-state index is 12.6. The molecule has 4 rings (SSSR count). The number of fused-ring (bicyclic) bond motifs is 1. The Bertz CT molecular complexity index is 1280. The molecule has 4 aromatic rings. The summed E-state index contributed by atoms with van der Waals surface area (Å²) in [6, 6.07) is 20.0. The number of carbonyl (C=O) groups excluding carboxylic acids is 1. The van der Waals surface area contributed by atoms with Gasteiger partial charge in [-0.05, 0) is 61.7 Å². The summed E-state index contributed by atoms with van der Waals surface area (Å²) in [6.45, 7) is 5.84. The maximum absolute atomic E-state index is 12.6. The minimum absolute atomic E-state index is 0.0746. The van der Waals surface area contributed by atoms with Gasteiger partial charge < -0.3 is 9.73 Å². The van der Waals surface area contributed by atoms with Crippen molar-refractivity contribution >= 4 is 22.6 Å². The van der Waals surface area contributed by atoms with Crippen LogP contribution >= 0.6 is 0 Å². The van der Waals surface area contributed by atoms with Crippen LogP contribution in [0.3, 0.4) is 0 Å². The molecule has 0 saturated heterocycles. The van der Waals surface area contributed by atoms with E-state index < -0.39 is 0 Å². The third kappa shape index (κ3) is 3.69. The highest BCUT2D eigenvalue weighted by atomic mass is 16.3. The van der Waals surface area contributed by atoms with Crippen LogP contribution in [-0.2, 0) is 0 Å². The fourth-order valence-electron chi connectivity index (χ4n) is 3.44. The van der Waals surface area contributed by atoms with Crippen molar-refractivity contribution in [3.8, 4) is 11.3 Å². The fourth-order valence-corrected chi connectivity index (χ4v) is 3.44. The maximum Gasteiger partial charge on any atom is 0.255 e. The number of nitrogens with one attached hydrogen (secondary N) is 1. The van der Waals surface area contributed by atoms with Gasteiger partial charge in [0.25, 0.3) is 5.91 Å². The normalized spacial score (nSPS) is 10.9. The van der Waals surface area contributed by atoms with E-state index >= 15 is 0 Å². The van der Waals surface area contributed by atoms with E-state index in [4.69, 9.17) is 4.42 Å². The van der Waals surface area contributed by atoms with Gasteiger partial charge in [0.05, 0.1) is 5.39 Å². The van der Waals surface area contributed by atoms with Crippen LogP contribution in [0.25, 0.3) is 22.3 Å². The van der Waals surface area contributed by atoms with Crippen molar-refractivity contribution in [1.29, 1.82) is 0 Å². The molecule has 0 atom stereocenters. The van der Waals surface area contributed by atoms with E-state index in [9.17, 15) is 9.59 Å². The van der Waals surface area contributed by atoms with Gasteiger partial charge in [0.2, 0.25) is 0 Å². The van der Waals surface area contributed by atoms with Crippen LogP contribution in [0.1, 0.15) is 27.0 Å². The molecule has 4 heteroatoms. The zero-order valence-corrected chi connectivity index (χ0v) is 16.6. The molecule has 0 aliphatic carbocycles. The quantitative estimate of drug-likeness (QED) is 0.498. The first-order valence-electron chi connectivity index (χ1n) is 9.45. The van der Waals surface area contributed by atoms with Crippen LogP contribution in [0.2, 0.25) is 0 Å². The van der Waals surface area contributed by atoms with Gasteiger partial charge in [-0.2, -0.15) is 0 Å². The molecule has 0 bridgehead atoms. The van der Waals surface area contributed by atoms with Gasteiger partial charge in [-0.15, -0.1) is 0 Å². The first kappa shape index (κ1) is 18.7. The molecular weight excluding hydrogens is 362 g/mol.